The van der Waals surface area contributed by atoms with Gasteiger partial charge in [0.05, 0.1) is 22.5 Å². The Hall–Kier alpha value is -2.43. The Balaban J connectivity index is 1.80. The molecule has 1 N–H and O–H groups in total. The average molecular weight is 368 g/mol. The number of anilines is 1. The lowest BCUT2D eigenvalue weighted by atomic mass is 10.1. The lowest BCUT2D eigenvalue weighted by Crippen LogP contribution is -2.14. The number of carbonyl (C=O) groups excluding carboxylic acids is 1. The molecule has 0 bridgehead atoms. The van der Waals surface area contributed by atoms with E-state index in [0.717, 1.165) is 27.7 Å². The van der Waals surface area contributed by atoms with Crippen molar-refractivity contribution in [1.29, 1.82) is 5.26 Å². The second kappa shape index (κ2) is 7.21. The van der Waals surface area contributed by atoms with Gasteiger partial charge in [-0.05, 0) is 44.0 Å². The van der Waals surface area contributed by atoms with Crippen molar-refractivity contribution in [2.75, 3.05) is 11.1 Å². The third-order valence-corrected chi connectivity index (χ3v) is 5.44. The molecule has 126 valence electrons. The summed E-state index contributed by atoms with van der Waals surface area (Å²) in [5.74, 6) is 0.0157. The van der Waals surface area contributed by atoms with Gasteiger partial charge in [0, 0.05) is 10.8 Å². The fraction of sp³-hybridized carbons (Fsp3) is 0.222. The number of rotatable bonds is 4. The predicted octanol–water partition coefficient (Wildman–Crippen LogP) is 4.22. The first-order valence-corrected chi connectivity index (χ1v) is 9.49. The highest BCUT2D eigenvalue weighted by atomic mass is 32.2. The van der Waals surface area contributed by atoms with Crippen LogP contribution in [-0.4, -0.2) is 21.6 Å². The molecular formula is C18H16N4OS2. The summed E-state index contributed by atoms with van der Waals surface area (Å²) in [6.45, 7) is 5.90. The normalized spacial score (nSPS) is 10.6. The molecule has 0 radical (unpaired) electrons. The van der Waals surface area contributed by atoms with Crippen molar-refractivity contribution < 1.29 is 4.79 Å². The number of aromatic nitrogens is 2. The average Bonchev–Trinajstić information content (AvgIpc) is 2.96. The summed E-state index contributed by atoms with van der Waals surface area (Å²) in [6.07, 6.45) is 0. The summed E-state index contributed by atoms with van der Waals surface area (Å²) in [6, 6.07) is 8.09. The lowest BCUT2D eigenvalue weighted by molar-refractivity contribution is -0.113. The summed E-state index contributed by atoms with van der Waals surface area (Å²) in [7, 11) is 0. The molecule has 25 heavy (non-hydrogen) atoms. The number of hydrogen-bond donors (Lipinski definition) is 1. The van der Waals surface area contributed by atoms with Gasteiger partial charge in [0.25, 0.3) is 0 Å². The van der Waals surface area contributed by atoms with Gasteiger partial charge in [-0.15, -0.1) is 11.3 Å². The van der Waals surface area contributed by atoms with E-state index in [2.05, 4.69) is 27.4 Å². The Kier molecular flexibility index (Phi) is 5.02. The van der Waals surface area contributed by atoms with Crippen LogP contribution in [0.4, 0.5) is 5.13 Å². The number of carbonyl (C=O) groups is 1. The molecule has 7 heteroatoms. The van der Waals surface area contributed by atoms with Crippen molar-refractivity contribution in [3.63, 3.8) is 0 Å². The molecule has 0 atom stereocenters. The molecule has 3 rings (SSSR count). The van der Waals surface area contributed by atoms with Crippen molar-refractivity contribution >= 4 is 45.0 Å². The minimum Gasteiger partial charge on any atom is -0.301 e. The molecule has 1 aromatic carbocycles. The highest BCUT2D eigenvalue weighted by molar-refractivity contribution is 8.00. The van der Waals surface area contributed by atoms with Gasteiger partial charge in [-0.1, -0.05) is 17.8 Å². The number of fused-ring (bicyclic) bond motifs is 1. The van der Waals surface area contributed by atoms with Crippen LogP contribution in [0.2, 0.25) is 0 Å². The van der Waals surface area contributed by atoms with Gasteiger partial charge < -0.3 is 5.32 Å². The predicted molar refractivity (Wildman–Crippen MR) is 102 cm³/mol. The number of nitrogens with zero attached hydrogens (tertiary/aromatic N) is 3. The Labute approximate surface area is 154 Å². The quantitative estimate of drug-likeness (QED) is 0.698. The molecule has 0 saturated carbocycles. The number of aryl methyl sites for hydroxylation is 3. The fourth-order valence-corrected chi connectivity index (χ4v) is 3.97. The third-order valence-electron chi connectivity index (χ3n) is 3.58. The Morgan fingerprint density at radius 3 is 2.76 bits per heavy atom. The molecule has 0 unspecified atom stereocenters. The van der Waals surface area contributed by atoms with Gasteiger partial charge in [0.2, 0.25) is 5.91 Å². The van der Waals surface area contributed by atoms with Gasteiger partial charge >= 0.3 is 0 Å². The van der Waals surface area contributed by atoms with Crippen molar-refractivity contribution in [2.45, 2.75) is 25.8 Å². The Morgan fingerprint density at radius 2 is 2.08 bits per heavy atom. The molecule has 2 heterocycles. The topological polar surface area (TPSA) is 78.7 Å². The zero-order chi connectivity index (χ0) is 18.0. The fourth-order valence-electron chi connectivity index (χ4n) is 2.50. The summed E-state index contributed by atoms with van der Waals surface area (Å²) in [5, 5.41) is 16.2. The Morgan fingerprint density at radius 1 is 1.28 bits per heavy atom. The number of benzene rings is 1. The number of nitriles is 1. The van der Waals surface area contributed by atoms with Gasteiger partial charge in [-0.2, -0.15) is 5.26 Å². The molecule has 0 aliphatic carbocycles. The maximum Gasteiger partial charge on any atom is 0.236 e. The number of pyridine rings is 1. The second-order valence-electron chi connectivity index (χ2n) is 5.73. The van der Waals surface area contributed by atoms with Crippen LogP contribution in [0.15, 0.2) is 28.6 Å². The molecule has 0 aliphatic rings. The van der Waals surface area contributed by atoms with E-state index in [1.54, 1.807) is 0 Å². The summed E-state index contributed by atoms with van der Waals surface area (Å²) in [4.78, 5) is 20.9. The van der Waals surface area contributed by atoms with E-state index in [-0.39, 0.29) is 11.7 Å². The zero-order valence-corrected chi connectivity index (χ0v) is 15.7. The van der Waals surface area contributed by atoms with Crippen LogP contribution in [0.1, 0.15) is 22.4 Å². The maximum atomic E-state index is 12.1. The van der Waals surface area contributed by atoms with Crippen LogP contribution in [0, 0.1) is 32.1 Å². The molecule has 3 aromatic rings. The standard InChI is InChI=1S/C18H16N4OS2/c1-10-4-11(2)14-6-13(7-19)17(21-15(14)5-10)24-9-16(23)22-18-20-12(3)8-25-18/h4-6,8H,9H2,1-3H3,(H,20,22,23). The lowest BCUT2D eigenvalue weighted by Gasteiger charge is -2.08. The zero-order valence-electron chi connectivity index (χ0n) is 14.1. The smallest absolute Gasteiger partial charge is 0.236 e. The first kappa shape index (κ1) is 17.4. The maximum absolute atomic E-state index is 12.1. The summed E-state index contributed by atoms with van der Waals surface area (Å²) < 4.78 is 0. The van der Waals surface area contributed by atoms with Crippen LogP contribution in [0.3, 0.4) is 0 Å². The van der Waals surface area contributed by atoms with E-state index in [0.29, 0.717) is 15.7 Å². The first-order valence-electron chi connectivity index (χ1n) is 7.63. The number of amides is 1. The van der Waals surface area contributed by atoms with Crippen LogP contribution in [-0.2, 0) is 4.79 Å². The minimum absolute atomic E-state index is 0.162. The van der Waals surface area contributed by atoms with Crippen LogP contribution in [0.5, 0.6) is 0 Å². The van der Waals surface area contributed by atoms with Crippen molar-refractivity contribution in [2.24, 2.45) is 0 Å². The van der Waals surface area contributed by atoms with Gasteiger partial charge in [0.1, 0.15) is 11.1 Å². The van der Waals surface area contributed by atoms with Crippen LogP contribution < -0.4 is 5.32 Å². The molecular weight excluding hydrogens is 352 g/mol. The number of thiazole rings is 1. The van der Waals surface area contributed by atoms with Gasteiger partial charge in [-0.3, -0.25) is 4.79 Å². The van der Waals surface area contributed by atoms with E-state index in [4.69, 9.17) is 0 Å². The van der Waals surface area contributed by atoms with E-state index in [1.807, 2.05) is 38.3 Å². The number of nitrogens with one attached hydrogen (secondary N) is 1. The van der Waals surface area contributed by atoms with Crippen molar-refractivity contribution in [3.8, 4) is 6.07 Å². The molecule has 5 nitrogen and oxygen atoms in total. The molecule has 1 amide bonds. The van der Waals surface area contributed by atoms with Gasteiger partial charge in [-0.25, -0.2) is 9.97 Å². The molecule has 2 aromatic heterocycles. The largest absolute Gasteiger partial charge is 0.301 e. The van der Waals surface area contributed by atoms with Crippen molar-refractivity contribution in [1.82, 2.24) is 9.97 Å². The summed E-state index contributed by atoms with van der Waals surface area (Å²) >= 11 is 2.66. The van der Waals surface area contributed by atoms with E-state index in [1.165, 1.54) is 23.1 Å². The van der Waals surface area contributed by atoms with Crippen LogP contribution >= 0.6 is 23.1 Å². The molecule has 0 spiro atoms. The minimum atomic E-state index is -0.162. The van der Waals surface area contributed by atoms with E-state index < -0.39 is 0 Å². The highest BCUT2D eigenvalue weighted by Crippen LogP contribution is 2.27. The van der Waals surface area contributed by atoms with E-state index >= 15 is 0 Å². The Bertz CT molecular complexity index is 1000. The first-order chi connectivity index (χ1) is 12.0. The van der Waals surface area contributed by atoms with E-state index in [9.17, 15) is 10.1 Å². The monoisotopic (exact) mass is 368 g/mol. The SMILES string of the molecule is Cc1cc(C)c2cc(C#N)c(SCC(=O)Nc3nc(C)cs3)nc2c1. The molecule has 0 saturated heterocycles. The van der Waals surface area contributed by atoms with Crippen LogP contribution in [0.25, 0.3) is 10.9 Å². The number of hydrogen-bond acceptors (Lipinski definition) is 6. The highest BCUT2D eigenvalue weighted by Gasteiger charge is 2.12. The molecule has 0 aliphatic heterocycles. The third kappa shape index (κ3) is 3.98. The van der Waals surface area contributed by atoms with Gasteiger partial charge in [0.15, 0.2) is 5.13 Å². The number of thioether (sulfide) groups is 1. The second-order valence-corrected chi connectivity index (χ2v) is 7.55. The molecule has 0 fully saturated rings. The van der Waals surface area contributed by atoms with Crippen molar-refractivity contribution in [3.05, 3.63) is 46.0 Å². The summed E-state index contributed by atoms with van der Waals surface area (Å²) in [5.41, 5.74) is 4.42.